The van der Waals surface area contributed by atoms with Crippen LogP contribution in [0, 0.1) is 18.8 Å². The molecule has 12 nitrogen and oxygen atoms in total. The summed E-state index contributed by atoms with van der Waals surface area (Å²) in [4.78, 5) is 43.0. The summed E-state index contributed by atoms with van der Waals surface area (Å²) in [6, 6.07) is 8.64. The van der Waals surface area contributed by atoms with E-state index in [1.165, 1.54) is 4.90 Å². The number of likely N-dealkylation sites (tertiary alicyclic amines) is 1. The van der Waals surface area contributed by atoms with Gasteiger partial charge in [-0.3, -0.25) is 9.59 Å². The van der Waals surface area contributed by atoms with E-state index in [1.807, 2.05) is 57.5 Å². The van der Waals surface area contributed by atoms with Crippen molar-refractivity contribution in [3.63, 3.8) is 0 Å². The predicted molar refractivity (Wildman–Crippen MR) is 165 cm³/mol. The number of halogens is 3. The van der Waals surface area contributed by atoms with Crippen LogP contribution in [0.15, 0.2) is 40.4 Å². The van der Waals surface area contributed by atoms with Crippen molar-refractivity contribution in [1.82, 2.24) is 25.7 Å². The number of aliphatic hydroxyl groups excluding tert-OH is 1. The van der Waals surface area contributed by atoms with Gasteiger partial charge in [0, 0.05) is 38.0 Å². The smallest absolute Gasteiger partial charge is 0.475 e. The number of alkyl halides is 3. The fraction of sp³-hybridized carbons (Fsp3) is 0.516. The first-order valence-electron chi connectivity index (χ1n) is 15.0. The Balaban J connectivity index is 0.000000644. The molecule has 2 amide bonds. The monoisotopic (exact) mass is 681 g/mol. The third kappa shape index (κ3) is 9.08. The van der Waals surface area contributed by atoms with Crippen molar-refractivity contribution in [3.05, 3.63) is 52.9 Å². The van der Waals surface area contributed by atoms with Gasteiger partial charge in [0.05, 0.1) is 34.8 Å². The number of aliphatic hydroxyl groups is 1. The Labute approximate surface area is 273 Å². The van der Waals surface area contributed by atoms with Crippen LogP contribution in [0.25, 0.3) is 10.4 Å². The summed E-state index contributed by atoms with van der Waals surface area (Å²) < 4.78 is 43.0. The van der Waals surface area contributed by atoms with Crippen LogP contribution < -0.4 is 15.4 Å². The lowest BCUT2D eigenvalue weighted by Crippen LogP contribution is -2.48. The van der Waals surface area contributed by atoms with Crippen molar-refractivity contribution in [3.8, 4) is 16.3 Å². The number of β-amino-alcohol motifs (C(OH)–C–C–N with tert-alkyl or cyclic N) is 1. The van der Waals surface area contributed by atoms with Crippen LogP contribution in [0.5, 0.6) is 5.88 Å². The van der Waals surface area contributed by atoms with Crippen LogP contribution in [0.3, 0.4) is 0 Å². The lowest BCUT2D eigenvalue weighted by atomic mass is 9.91. The number of aryl methyl sites for hydroxylation is 1. The Bertz CT molecular complexity index is 1520. The first-order chi connectivity index (χ1) is 22.1. The normalized spacial score (nSPS) is 19.4. The molecule has 1 aromatic carbocycles. The van der Waals surface area contributed by atoms with E-state index in [0.29, 0.717) is 24.2 Å². The number of hydrogen-bond acceptors (Lipinski definition) is 10. The zero-order valence-corrected chi connectivity index (χ0v) is 27.1. The number of rotatable bonds is 10. The Morgan fingerprint density at radius 2 is 1.85 bits per heavy atom. The first kappa shape index (κ1) is 35.8. The summed E-state index contributed by atoms with van der Waals surface area (Å²) in [6.07, 6.45) is -5.69. The maximum atomic E-state index is 13.8. The van der Waals surface area contributed by atoms with Crippen molar-refractivity contribution in [1.29, 1.82) is 0 Å². The number of nitrogens with one attached hydrogen (secondary N) is 2. The molecule has 256 valence electrons. The van der Waals surface area contributed by atoms with E-state index in [0.717, 1.165) is 34.8 Å². The average Bonchev–Trinajstić information content (AvgIpc) is 3.72. The number of amides is 2. The molecule has 2 aliphatic rings. The van der Waals surface area contributed by atoms with Gasteiger partial charge in [-0.15, -0.1) is 11.3 Å². The van der Waals surface area contributed by atoms with Crippen molar-refractivity contribution >= 4 is 29.1 Å². The van der Waals surface area contributed by atoms with E-state index < -0.39 is 30.2 Å². The third-order valence-electron chi connectivity index (χ3n) is 7.96. The van der Waals surface area contributed by atoms with Gasteiger partial charge in [0.2, 0.25) is 11.8 Å². The second kappa shape index (κ2) is 15.3. The maximum absolute atomic E-state index is 13.8. The molecule has 2 saturated heterocycles. The molecule has 2 aromatic heterocycles. The number of benzene rings is 1. The topological polar surface area (TPSA) is 167 Å². The van der Waals surface area contributed by atoms with Crippen LogP contribution in [0.1, 0.15) is 56.2 Å². The van der Waals surface area contributed by atoms with Crippen LogP contribution in [0.4, 0.5) is 13.2 Å². The number of aliphatic carboxylic acids is 1. The molecular weight excluding hydrogens is 643 g/mol. The lowest BCUT2D eigenvalue weighted by molar-refractivity contribution is -0.192. The molecule has 5 rings (SSSR count). The van der Waals surface area contributed by atoms with Gasteiger partial charge in [-0.05, 0) is 36.0 Å². The van der Waals surface area contributed by atoms with Crippen molar-refractivity contribution < 1.29 is 47.0 Å². The Morgan fingerprint density at radius 3 is 2.38 bits per heavy atom. The standard InChI is InChI=1S/C29H37N5O5S.C2HF3O2/c1-16(2)26(24-10-25(33-39-24)38-14-19-11-30-12-19)29(37)34-13-22(35)9-23(34)28(36)32-17(3)20-5-7-21(8-6-20)27-18(4)31-15-40-27;3-2(4,5)1(6)7/h5-8,10,15-17,19,22-23,26,30,35H,9,11-14H2,1-4H3,(H,32,36);(H,6,7)/t17-,22+,23-,26+;/m0./s1. The highest BCUT2D eigenvalue weighted by Crippen LogP contribution is 2.33. The van der Waals surface area contributed by atoms with E-state index in [-0.39, 0.29) is 36.7 Å². The van der Waals surface area contributed by atoms with Crippen LogP contribution in [-0.4, -0.2) is 87.6 Å². The number of nitrogens with zero attached hydrogens (tertiary/aromatic N) is 3. The SMILES string of the molecule is Cc1ncsc1-c1ccc([C@H](C)NC(=O)[C@@H]2C[C@@H](O)CN2C(=O)[C@@H](c2cc(OCC3CNC3)no2)C(C)C)cc1.O=C(O)C(F)(F)F. The number of carbonyl (C=O) groups excluding carboxylic acids is 2. The molecule has 4 heterocycles. The first-order valence-corrected chi connectivity index (χ1v) is 15.9. The molecule has 0 unspecified atom stereocenters. The molecule has 16 heteroatoms. The molecule has 3 aromatic rings. The quantitative estimate of drug-likeness (QED) is 0.246. The molecule has 0 bridgehead atoms. The zero-order valence-electron chi connectivity index (χ0n) is 26.3. The predicted octanol–water partition coefficient (Wildman–Crippen LogP) is 3.92. The number of carboxylic acid groups (broad SMARTS) is 1. The minimum atomic E-state index is -5.08. The summed E-state index contributed by atoms with van der Waals surface area (Å²) in [5, 5.41) is 27.8. The summed E-state index contributed by atoms with van der Waals surface area (Å²) in [5.74, 6) is -2.91. The van der Waals surface area contributed by atoms with Crippen molar-refractivity contribution in [2.24, 2.45) is 11.8 Å². The Kier molecular flexibility index (Phi) is 11.6. The minimum absolute atomic E-state index is 0.0869. The second-order valence-electron chi connectivity index (χ2n) is 11.9. The van der Waals surface area contributed by atoms with E-state index in [9.17, 15) is 27.9 Å². The van der Waals surface area contributed by atoms with Gasteiger partial charge >= 0.3 is 12.1 Å². The van der Waals surface area contributed by atoms with Gasteiger partial charge in [-0.25, -0.2) is 9.78 Å². The molecule has 4 atom stereocenters. The third-order valence-corrected chi connectivity index (χ3v) is 8.94. The largest absolute Gasteiger partial charge is 0.490 e. The average molecular weight is 682 g/mol. The van der Waals surface area contributed by atoms with Crippen LogP contribution in [-0.2, 0) is 14.4 Å². The van der Waals surface area contributed by atoms with Gasteiger partial charge in [0.25, 0.3) is 5.88 Å². The van der Waals surface area contributed by atoms with Crippen molar-refractivity contribution in [2.75, 3.05) is 26.2 Å². The molecule has 2 fully saturated rings. The maximum Gasteiger partial charge on any atom is 0.490 e. The Morgan fingerprint density at radius 1 is 1.19 bits per heavy atom. The molecular formula is C31H38F3N5O7S. The second-order valence-corrected chi connectivity index (χ2v) is 12.8. The minimum Gasteiger partial charge on any atom is -0.475 e. The van der Waals surface area contributed by atoms with Gasteiger partial charge in [0.1, 0.15) is 12.0 Å². The highest BCUT2D eigenvalue weighted by atomic mass is 32.1. The Hall–Kier alpha value is -4.02. The zero-order chi connectivity index (χ0) is 34.5. The molecule has 2 aliphatic heterocycles. The highest BCUT2D eigenvalue weighted by molar-refractivity contribution is 7.13. The molecule has 0 aliphatic carbocycles. The number of aromatic nitrogens is 2. The van der Waals surface area contributed by atoms with Gasteiger partial charge in [0.15, 0.2) is 5.76 Å². The van der Waals surface area contributed by atoms with Gasteiger partial charge < -0.3 is 35.0 Å². The number of carbonyl (C=O) groups is 3. The van der Waals surface area contributed by atoms with E-state index in [4.69, 9.17) is 19.2 Å². The van der Waals surface area contributed by atoms with Gasteiger partial charge in [-0.2, -0.15) is 13.2 Å². The van der Waals surface area contributed by atoms with Crippen molar-refractivity contribution in [2.45, 2.75) is 64.4 Å². The summed E-state index contributed by atoms with van der Waals surface area (Å²) in [6.45, 7) is 10.2. The fourth-order valence-corrected chi connectivity index (χ4v) is 6.08. The molecule has 4 N–H and O–H groups in total. The van der Waals surface area contributed by atoms with E-state index in [1.54, 1.807) is 17.4 Å². The lowest BCUT2D eigenvalue weighted by Gasteiger charge is -2.29. The summed E-state index contributed by atoms with van der Waals surface area (Å²) in [7, 11) is 0. The summed E-state index contributed by atoms with van der Waals surface area (Å²) >= 11 is 1.60. The molecule has 0 saturated carbocycles. The number of thiazole rings is 1. The highest BCUT2D eigenvalue weighted by Gasteiger charge is 2.43. The van der Waals surface area contributed by atoms with E-state index >= 15 is 0 Å². The molecule has 0 spiro atoms. The van der Waals surface area contributed by atoms with Crippen LogP contribution in [0.2, 0.25) is 0 Å². The number of carboxylic acids is 1. The fourth-order valence-electron chi connectivity index (χ4n) is 5.27. The van der Waals surface area contributed by atoms with E-state index in [2.05, 4.69) is 20.8 Å². The summed E-state index contributed by atoms with van der Waals surface area (Å²) in [5.41, 5.74) is 4.85. The number of ether oxygens (including phenoxy) is 1. The van der Waals surface area contributed by atoms with Gasteiger partial charge in [-0.1, -0.05) is 38.1 Å². The number of hydrogen-bond donors (Lipinski definition) is 4. The molecule has 0 radical (unpaired) electrons. The molecule has 47 heavy (non-hydrogen) atoms. The van der Waals surface area contributed by atoms with Crippen LogP contribution >= 0.6 is 11.3 Å².